The van der Waals surface area contributed by atoms with E-state index in [9.17, 15) is 4.79 Å². The summed E-state index contributed by atoms with van der Waals surface area (Å²) in [7, 11) is 1.59. The minimum Gasteiger partial charge on any atom is -0.426 e. The van der Waals surface area contributed by atoms with Gasteiger partial charge in [0.25, 0.3) is 0 Å². The lowest BCUT2D eigenvalue weighted by Gasteiger charge is -2.47. The summed E-state index contributed by atoms with van der Waals surface area (Å²) in [5, 5.41) is 0. The Morgan fingerprint density at radius 3 is 2.68 bits per heavy atom. The van der Waals surface area contributed by atoms with Gasteiger partial charge in [-0.1, -0.05) is 25.2 Å². The molecular formula is C16H22O3. The van der Waals surface area contributed by atoms with Crippen molar-refractivity contribution in [3.8, 4) is 0 Å². The first-order valence-corrected chi connectivity index (χ1v) is 6.57. The number of methoxy groups -OCH3 is 1. The normalized spacial score (nSPS) is 37.9. The first-order valence-electron chi connectivity index (χ1n) is 6.57. The van der Waals surface area contributed by atoms with Crippen LogP contribution < -0.4 is 0 Å². The fraction of sp³-hybridized carbons (Fsp3) is 0.562. The highest BCUT2D eigenvalue weighted by Crippen LogP contribution is 2.55. The summed E-state index contributed by atoms with van der Waals surface area (Å²) in [5.74, 6) is -0.922. The van der Waals surface area contributed by atoms with Gasteiger partial charge in [0.15, 0.2) is 0 Å². The molecule has 2 aliphatic rings. The van der Waals surface area contributed by atoms with Gasteiger partial charge in [0.2, 0.25) is 5.79 Å². The molecule has 1 heterocycles. The van der Waals surface area contributed by atoms with E-state index in [1.807, 2.05) is 19.9 Å². The molecule has 1 saturated carbocycles. The smallest absolute Gasteiger partial charge is 0.336 e. The number of rotatable bonds is 3. The van der Waals surface area contributed by atoms with Crippen molar-refractivity contribution in [2.75, 3.05) is 7.11 Å². The maximum Gasteiger partial charge on any atom is 0.336 e. The average molecular weight is 262 g/mol. The van der Waals surface area contributed by atoms with Crippen molar-refractivity contribution in [1.82, 2.24) is 0 Å². The Bertz CT molecular complexity index is 488. The minimum absolute atomic E-state index is 0.184. The summed E-state index contributed by atoms with van der Waals surface area (Å²) >= 11 is 0. The van der Waals surface area contributed by atoms with Crippen LogP contribution in [0.4, 0.5) is 0 Å². The molecule has 19 heavy (non-hydrogen) atoms. The van der Waals surface area contributed by atoms with E-state index in [1.165, 1.54) is 0 Å². The van der Waals surface area contributed by atoms with E-state index in [0.717, 1.165) is 17.6 Å². The molecule has 0 saturated heterocycles. The molecule has 0 spiro atoms. The van der Waals surface area contributed by atoms with E-state index in [0.29, 0.717) is 12.0 Å². The zero-order valence-corrected chi connectivity index (χ0v) is 12.2. The number of hydrogen-bond donors (Lipinski definition) is 0. The molecule has 3 nitrogen and oxygen atoms in total. The topological polar surface area (TPSA) is 35.5 Å². The van der Waals surface area contributed by atoms with Gasteiger partial charge >= 0.3 is 5.97 Å². The standard InChI is InChI=1S/C16H22O3/c1-7-15(5)9-16(18-6)13(8-12(15)10(2)3)11(4)14(17)19-16/h7,12H,1-2,8-9H2,3-6H3/t12-,15+,16-/m0/s1. The summed E-state index contributed by atoms with van der Waals surface area (Å²) in [6.07, 6.45) is 3.27. The Hall–Kier alpha value is -1.35. The van der Waals surface area contributed by atoms with Crippen molar-refractivity contribution in [2.24, 2.45) is 11.3 Å². The van der Waals surface area contributed by atoms with Crippen LogP contribution in [-0.2, 0) is 14.3 Å². The molecule has 1 aliphatic carbocycles. The summed E-state index contributed by atoms with van der Waals surface area (Å²) < 4.78 is 11.1. The van der Waals surface area contributed by atoms with Crippen molar-refractivity contribution in [2.45, 2.75) is 39.4 Å². The van der Waals surface area contributed by atoms with Gasteiger partial charge in [-0.2, -0.15) is 0 Å². The van der Waals surface area contributed by atoms with Crippen molar-refractivity contribution in [1.29, 1.82) is 0 Å². The third-order valence-electron chi connectivity index (χ3n) is 4.69. The van der Waals surface area contributed by atoms with Gasteiger partial charge in [-0.25, -0.2) is 4.79 Å². The molecule has 2 rings (SSSR count). The van der Waals surface area contributed by atoms with Crippen molar-refractivity contribution >= 4 is 5.97 Å². The Morgan fingerprint density at radius 2 is 2.21 bits per heavy atom. The van der Waals surface area contributed by atoms with Crippen LogP contribution in [0.25, 0.3) is 0 Å². The van der Waals surface area contributed by atoms with Gasteiger partial charge in [0, 0.05) is 24.7 Å². The first-order chi connectivity index (χ1) is 8.79. The number of carbonyl (C=O) groups is 1. The Balaban J connectivity index is 2.52. The third-order valence-corrected chi connectivity index (χ3v) is 4.69. The molecule has 0 amide bonds. The van der Waals surface area contributed by atoms with Gasteiger partial charge in [-0.3, -0.25) is 0 Å². The van der Waals surface area contributed by atoms with Crippen LogP contribution in [0.5, 0.6) is 0 Å². The summed E-state index contributed by atoms with van der Waals surface area (Å²) in [6.45, 7) is 14.0. The molecule has 3 heteroatoms. The monoisotopic (exact) mass is 262 g/mol. The summed E-state index contributed by atoms with van der Waals surface area (Å²) in [6, 6.07) is 0. The predicted octanol–water partition coefficient (Wildman–Crippen LogP) is 3.38. The molecule has 0 N–H and O–H groups in total. The predicted molar refractivity (Wildman–Crippen MR) is 74.4 cm³/mol. The Morgan fingerprint density at radius 1 is 1.58 bits per heavy atom. The van der Waals surface area contributed by atoms with Crippen LogP contribution >= 0.6 is 0 Å². The number of esters is 1. The largest absolute Gasteiger partial charge is 0.426 e. The SMILES string of the molecule is C=C[C@]1(C)C[C@]2(OC)OC(=O)C(C)=C2C[C@H]1C(=C)C. The quantitative estimate of drug-likeness (QED) is 0.578. The van der Waals surface area contributed by atoms with Crippen LogP contribution in [-0.4, -0.2) is 18.9 Å². The van der Waals surface area contributed by atoms with E-state index in [4.69, 9.17) is 9.47 Å². The molecule has 1 aliphatic heterocycles. The molecular weight excluding hydrogens is 240 g/mol. The molecule has 0 aromatic rings. The molecule has 104 valence electrons. The lowest BCUT2D eigenvalue weighted by molar-refractivity contribution is -0.210. The fourth-order valence-corrected chi connectivity index (χ4v) is 3.40. The lowest BCUT2D eigenvalue weighted by Crippen LogP contribution is -2.47. The highest BCUT2D eigenvalue weighted by atomic mass is 16.7. The molecule has 0 aromatic carbocycles. The van der Waals surface area contributed by atoms with Crippen LogP contribution in [0.2, 0.25) is 0 Å². The van der Waals surface area contributed by atoms with Crippen molar-refractivity contribution in [3.05, 3.63) is 36.0 Å². The number of carbonyl (C=O) groups excluding carboxylic acids is 1. The molecule has 3 atom stereocenters. The van der Waals surface area contributed by atoms with E-state index < -0.39 is 5.79 Å². The van der Waals surface area contributed by atoms with Crippen LogP contribution in [0.3, 0.4) is 0 Å². The lowest BCUT2D eigenvalue weighted by atomic mass is 9.61. The van der Waals surface area contributed by atoms with Crippen molar-refractivity contribution in [3.63, 3.8) is 0 Å². The van der Waals surface area contributed by atoms with E-state index in [2.05, 4.69) is 20.1 Å². The maximum absolute atomic E-state index is 11.9. The first kappa shape index (κ1) is 14.1. The Labute approximate surface area is 115 Å². The molecule has 0 radical (unpaired) electrons. The van der Waals surface area contributed by atoms with Crippen molar-refractivity contribution < 1.29 is 14.3 Å². The highest BCUT2D eigenvalue weighted by Gasteiger charge is 2.56. The van der Waals surface area contributed by atoms with Crippen LogP contribution in [0.1, 0.15) is 33.6 Å². The number of fused-ring (bicyclic) bond motifs is 1. The zero-order chi connectivity index (χ0) is 14.4. The van der Waals surface area contributed by atoms with Gasteiger partial charge in [0.1, 0.15) is 0 Å². The summed E-state index contributed by atoms with van der Waals surface area (Å²) in [4.78, 5) is 11.9. The van der Waals surface area contributed by atoms with Gasteiger partial charge < -0.3 is 9.47 Å². The summed E-state index contributed by atoms with van der Waals surface area (Å²) in [5.41, 5.74) is 2.56. The third kappa shape index (κ3) is 1.88. The second kappa shape index (κ2) is 4.34. The molecule has 0 aromatic heterocycles. The highest BCUT2D eigenvalue weighted by molar-refractivity contribution is 5.92. The maximum atomic E-state index is 11.9. The fourth-order valence-electron chi connectivity index (χ4n) is 3.40. The zero-order valence-electron chi connectivity index (χ0n) is 12.2. The van der Waals surface area contributed by atoms with Gasteiger partial charge in [-0.05, 0) is 31.6 Å². The molecule has 0 unspecified atom stereocenters. The van der Waals surface area contributed by atoms with E-state index >= 15 is 0 Å². The van der Waals surface area contributed by atoms with E-state index in [-0.39, 0.29) is 17.3 Å². The molecule has 1 fully saturated rings. The average Bonchev–Trinajstić information content (AvgIpc) is 2.60. The second-order valence-electron chi connectivity index (χ2n) is 5.94. The van der Waals surface area contributed by atoms with Crippen LogP contribution in [0.15, 0.2) is 36.0 Å². The Kier molecular flexibility index (Phi) is 3.21. The number of ether oxygens (including phenoxy) is 2. The number of allylic oxidation sites excluding steroid dienone is 2. The van der Waals surface area contributed by atoms with Gasteiger partial charge in [0.05, 0.1) is 0 Å². The number of hydrogen-bond acceptors (Lipinski definition) is 3. The van der Waals surface area contributed by atoms with E-state index in [1.54, 1.807) is 7.11 Å². The molecule has 0 bridgehead atoms. The second-order valence-corrected chi connectivity index (χ2v) is 5.94. The van der Waals surface area contributed by atoms with Gasteiger partial charge in [-0.15, -0.1) is 6.58 Å². The van der Waals surface area contributed by atoms with Crippen LogP contribution in [0, 0.1) is 11.3 Å². The minimum atomic E-state index is -0.907.